The fourth-order valence-electron chi connectivity index (χ4n) is 2.82. The molecule has 10 heteroatoms. The van der Waals surface area contributed by atoms with Crippen molar-refractivity contribution in [3.8, 4) is 0 Å². The molecule has 0 radical (unpaired) electrons. The van der Waals surface area contributed by atoms with Crippen molar-refractivity contribution in [2.45, 2.75) is 44.6 Å². The van der Waals surface area contributed by atoms with E-state index in [1.807, 2.05) is 6.92 Å². The normalized spacial score (nSPS) is 16.3. The minimum absolute atomic E-state index is 0.0206. The van der Waals surface area contributed by atoms with Crippen LogP contribution in [0.5, 0.6) is 0 Å². The molecule has 1 saturated heterocycles. The van der Waals surface area contributed by atoms with Crippen LogP contribution in [-0.4, -0.2) is 60.4 Å². The van der Waals surface area contributed by atoms with Crippen LogP contribution in [0.2, 0.25) is 0 Å². The van der Waals surface area contributed by atoms with Crippen molar-refractivity contribution in [2.24, 2.45) is 13.0 Å². The maximum absolute atomic E-state index is 12.7. The van der Waals surface area contributed by atoms with Crippen LogP contribution in [0.25, 0.3) is 0 Å². The topological polar surface area (TPSA) is 111 Å². The number of hydrogen-bond acceptors (Lipinski definition) is 6. The number of amides is 1. The van der Waals surface area contributed by atoms with Crippen molar-refractivity contribution >= 4 is 21.9 Å². The molecule has 0 atom stereocenters. The number of carbonyl (C=O) groups is 2. The molecule has 1 N–H and O–H groups in total. The summed E-state index contributed by atoms with van der Waals surface area (Å²) in [4.78, 5) is 27.8. The van der Waals surface area contributed by atoms with E-state index in [2.05, 4.69) is 10.3 Å². The highest BCUT2D eigenvalue weighted by molar-refractivity contribution is 7.89. The minimum Gasteiger partial charge on any atom is -0.455 e. The fraction of sp³-hybridized carbons (Fsp3) is 0.706. The van der Waals surface area contributed by atoms with Crippen LogP contribution in [0.3, 0.4) is 0 Å². The average molecular weight is 401 g/mol. The number of carbonyl (C=O) groups excluding carboxylic acids is 2. The van der Waals surface area contributed by atoms with Gasteiger partial charge >= 0.3 is 5.97 Å². The maximum Gasteiger partial charge on any atom is 0.309 e. The van der Waals surface area contributed by atoms with Gasteiger partial charge in [-0.1, -0.05) is 13.3 Å². The zero-order valence-corrected chi connectivity index (χ0v) is 16.9. The molecule has 0 bridgehead atoms. The van der Waals surface area contributed by atoms with Crippen molar-refractivity contribution in [2.75, 3.05) is 26.2 Å². The van der Waals surface area contributed by atoms with E-state index in [0.29, 0.717) is 25.2 Å². The second-order valence-electron chi connectivity index (χ2n) is 6.73. The lowest BCUT2D eigenvalue weighted by atomic mass is 9.98. The molecule has 0 aromatic carbocycles. The number of aryl methyl sites for hydroxylation is 2. The van der Waals surface area contributed by atoms with Gasteiger partial charge in [-0.25, -0.2) is 13.4 Å². The van der Waals surface area contributed by atoms with E-state index in [4.69, 9.17) is 4.74 Å². The monoisotopic (exact) mass is 400 g/mol. The van der Waals surface area contributed by atoms with E-state index in [0.717, 1.165) is 12.8 Å². The Kier molecular flexibility index (Phi) is 7.37. The smallest absolute Gasteiger partial charge is 0.309 e. The first-order valence-corrected chi connectivity index (χ1v) is 10.6. The van der Waals surface area contributed by atoms with E-state index in [1.165, 1.54) is 10.5 Å². The van der Waals surface area contributed by atoms with Crippen LogP contribution < -0.4 is 5.32 Å². The molecule has 1 aliphatic heterocycles. The van der Waals surface area contributed by atoms with Crippen LogP contribution in [0.4, 0.5) is 0 Å². The fourth-order valence-corrected chi connectivity index (χ4v) is 4.32. The van der Waals surface area contributed by atoms with E-state index >= 15 is 0 Å². The molecular weight excluding hydrogens is 372 g/mol. The number of imidazole rings is 1. The van der Waals surface area contributed by atoms with Gasteiger partial charge in [0.05, 0.1) is 5.92 Å². The van der Waals surface area contributed by atoms with E-state index < -0.39 is 21.9 Å². The van der Waals surface area contributed by atoms with Gasteiger partial charge in [0.1, 0.15) is 5.82 Å². The van der Waals surface area contributed by atoms with Gasteiger partial charge in [-0.15, -0.1) is 0 Å². The first kappa shape index (κ1) is 21.4. The first-order valence-electron chi connectivity index (χ1n) is 9.19. The van der Waals surface area contributed by atoms with Gasteiger partial charge < -0.3 is 14.6 Å². The predicted molar refractivity (Wildman–Crippen MR) is 98.3 cm³/mol. The van der Waals surface area contributed by atoms with Gasteiger partial charge in [0.25, 0.3) is 15.9 Å². The Morgan fingerprint density at radius 1 is 1.33 bits per heavy atom. The lowest BCUT2D eigenvalue weighted by molar-refractivity contribution is -0.153. The van der Waals surface area contributed by atoms with Gasteiger partial charge in [-0.2, -0.15) is 4.31 Å². The standard InChI is InChI=1S/C17H28N4O5S/c1-4-5-8-18-15(22)12-26-17(23)14-6-9-21(10-7-14)27(24,25)16-11-20(3)13(2)19-16/h11,14H,4-10,12H2,1-3H3,(H,18,22). The second kappa shape index (κ2) is 9.32. The van der Waals surface area contributed by atoms with Crippen molar-refractivity contribution < 1.29 is 22.7 Å². The minimum atomic E-state index is -3.67. The Bertz CT molecular complexity index is 747. The molecule has 0 saturated carbocycles. The van der Waals surface area contributed by atoms with Crippen LogP contribution in [-0.2, 0) is 31.4 Å². The Morgan fingerprint density at radius 3 is 2.56 bits per heavy atom. The number of esters is 1. The average Bonchev–Trinajstić information content (AvgIpc) is 2.99. The lowest BCUT2D eigenvalue weighted by Crippen LogP contribution is -2.41. The summed E-state index contributed by atoms with van der Waals surface area (Å²) in [5.41, 5.74) is 0. The summed E-state index contributed by atoms with van der Waals surface area (Å²) in [7, 11) is -1.93. The lowest BCUT2D eigenvalue weighted by Gasteiger charge is -2.29. The molecule has 152 valence electrons. The number of nitrogens with one attached hydrogen (secondary N) is 1. The van der Waals surface area contributed by atoms with E-state index in [-0.39, 0.29) is 30.6 Å². The van der Waals surface area contributed by atoms with E-state index in [9.17, 15) is 18.0 Å². The summed E-state index contributed by atoms with van der Waals surface area (Å²) in [6.45, 7) is 4.47. The highest BCUT2D eigenvalue weighted by Gasteiger charge is 2.34. The number of sulfonamides is 1. The zero-order valence-electron chi connectivity index (χ0n) is 16.1. The predicted octanol–water partition coefficient (Wildman–Crippen LogP) is 0.589. The van der Waals surface area contributed by atoms with Gasteiger partial charge in [-0.3, -0.25) is 9.59 Å². The van der Waals surface area contributed by atoms with Crippen molar-refractivity contribution in [3.63, 3.8) is 0 Å². The first-order chi connectivity index (χ1) is 12.8. The molecule has 0 aliphatic carbocycles. The van der Waals surface area contributed by atoms with Crippen molar-refractivity contribution in [1.82, 2.24) is 19.2 Å². The Labute approximate surface area is 160 Å². The molecule has 2 rings (SSSR count). The summed E-state index contributed by atoms with van der Waals surface area (Å²) in [5, 5.41) is 2.70. The zero-order chi connectivity index (χ0) is 20.0. The number of unbranched alkanes of at least 4 members (excludes halogenated alkanes) is 1. The van der Waals surface area contributed by atoms with Crippen LogP contribution in [0, 0.1) is 12.8 Å². The molecule has 1 aromatic rings. The number of piperidine rings is 1. The molecule has 2 heterocycles. The summed E-state index contributed by atoms with van der Waals surface area (Å²) >= 11 is 0. The van der Waals surface area contributed by atoms with Gasteiger partial charge in [0.15, 0.2) is 11.6 Å². The number of ether oxygens (including phenoxy) is 1. The Morgan fingerprint density at radius 2 is 2.00 bits per heavy atom. The third-order valence-corrected chi connectivity index (χ3v) is 6.45. The third kappa shape index (κ3) is 5.52. The number of nitrogens with zero attached hydrogens (tertiary/aromatic N) is 3. The SMILES string of the molecule is CCCCNC(=O)COC(=O)C1CCN(S(=O)(=O)c2cn(C)c(C)n2)CC1. The van der Waals surface area contributed by atoms with E-state index in [1.54, 1.807) is 18.5 Å². The van der Waals surface area contributed by atoms with Crippen molar-refractivity contribution in [3.05, 3.63) is 12.0 Å². The highest BCUT2D eigenvalue weighted by atomic mass is 32.2. The molecule has 1 amide bonds. The second-order valence-corrected chi connectivity index (χ2v) is 8.61. The summed E-state index contributed by atoms with van der Waals surface area (Å²) in [6, 6.07) is 0. The molecule has 1 aromatic heterocycles. The highest BCUT2D eigenvalue weighted by Crippen LogP contribution is 2.24. The molecule has 27 heavy (non-hydrogen) atoms. The number of rotatable bonds is 8. The van der Waals surface area contributed by atoms with Crippen LogP contribution in [0.15, 0.2) is 11.2 Å². The molecule has 1 fully saturated rings. The molecular formula is C17H28N4O5S. The number of aromatic nitrogens is 2. The maximum atomic E-state index is 12.7. The quantitative estimate of drug-likeness (QED) is 0.505. The largest absolute Gasteiger partial charge is 0.455 e. The molecule has 9 nitrogen and oxygen atoms in total. The van der Waals surface area contributed by atoms with Crippen molar-refractivity contribution in [1.29, 1.82) is 0 Å². The van der Waals surface area contributed by atoms with Gasteiger partial charge in [0.2, 0.25) is 0 Å². The third-order valence-electron chi connectivity index (χ3n) is 4.68. The summed E-state index contributed by atoms with van der Waals surface area (Å²) in [6.07, 6.45) is 4.06. The van der Waals surface area contributed by atoms with Gasteiger partial charge in [-0.05, 0) is 26.2 Å². The molecule has 1 aliphatic rings. The summed E-state index contributed by atoms with van der Waals surface area (Å²) in [5.74, 6) is -0.552. The Hall–Kier alpha value is -1.94. The molecule has 0 unspecified atom stereocenters. The number of hydrogen-bond donors (Lipinski definition) is 1. The molecule has 0 spiro atoms. The summed E-state index contributed by atoms with van der Waals surface area (Å²) < 4.78 is 33.4. The van der Waals surface area contributed by atoms with Gasteiger partial charge in [0, 0.05) is 32.9 Å². The van der Waals surface area contributed by atoms with Crippen LogP contribution >= 0.6 is 0 Å². The van der Waals surface area contributed by atoms with Crippen LogP contribution in [0.1, 0.15) is 38.4 Å². The Balaban J connectivity index is 1.82.